The smallest absolute Gasteiger partial charge is 0.242 e. The molecule has 134 valence electrons. The first kappa shape index (κ1) is 17.7. The van der Waals surface area contributed by atoms with Gasteiger partial charge in [0, 0.05) is 43.6 Å². The number of nitrogens with zero attached hydrogens (tertiary/aromatic N) is 4. The molecule has 3 heterocycles. The van der Waals surface area contributed by atoms with E-state index in [1.165, 1.54) is 18.5 Å². The van der Waals surface area contributed by atoms with E-state index in [2.05, 4.69) is 35.5 Å². The Labute approximate surface area is 151 Å². The molecule has 0 aromatic carbocycles. The Kier molecular flexibility index (Phi) is 5.66. The molecule has 0 aliphatic rings. The Morgan fingerprint density at radius 1 is 0.846 bits per heavy atom. The van der Waals surface area contributed by atoms with Crippen molar-refractivity contribution >= 4 is 27.3 Å². The van der Waals surface area contributed by atoms with E-state index in [1.807, 2.05) is 12.1 Å². The van der Waals surface area contributed by atoms with E-state index < -0.39 is 10.0 Å². The first-order valence-corrected chi connectivity index (χ1v) is 9.26. The maximum atomic E-state index is 12.0. The van der Waals surface area contributed by atoms with Crippen LogP contribution in [0.25, 0.3) is 0 Å². The summed E-state index contributed by atoms with van der Waals surface area (Å²) in [6.07, 6.45) is 6.18. The van der Waals surface area contributed by atoms with Crippen molar-refractivity contribution in [3.63, 3.8) is 0 Å². The molecular weight excluding hydrogens is 354 g/mol. The van der Waals surface area contributed by atoms with Gasteiger partial charge in [0.05, 0.1) is 0 Å². The summed E-state index contributed by atoms with van der Waals surface area (Å²) >= 11 is 0. The Balaban J connectivity index is 1.47. The van der Waals surface area contributed by atoms with Crippen molar-refractivity contribution < 1.29 is 8.42 Å². The second kappa shape index (κ2) is 8.32. The van der Waals surface area contributed by atoms with Crippen LogP contribution in [-0.4, -0.2) is 41.7 Å². The predicted octanol–water partition coefficient (Wildman–Crippen LogP) is 1.40. The van der Waals surface area contributed by atoms with E-state index in [1.54, 1.807) is 30.6 Å². The van der Waals surface area contributed by atoms with Crippen LogP contribution in [0.4, 0.5) is 17.3 Å². The Morgan fingerprint density at radius 3 is 2.31 bits per heavy atom. The largest absolute Gasteiger partial charge is 0.367 e. The van der Waals surface area contributed by atoms with Gasteiger partial charge < -0.3 is 10.6 Å². The molecule has 0 fully saturated rings. The summed E-state index contributed by atoms with van der Waals surface area (Å²) in [5.41, 5.74) is 0.861. The van der Waals surface area contributed by atoms with Crippen LogP contribution >= 0.6 is 0 Å². The molecule has 0 radical (unpaired) electrons. The van der Waals surface area contributed by atoms with E-state index in [0.717, 1.165) is 5.69 Å². The number of nitrogens with one attached hydrogen (secondary N) is 3. The summed E-state index contributed by atoms with van der Waals surface area (Å²) in [7, 11) is -3.56. The topological polar surface area (TPSA) is 122 Å². The number of aromatic nitrogens is 4. The highest BCUT2D eigenvalue weighted by Gasteiger charge is 2.12. The van der Waals surface area contributed by atoms with E-state index in [-0.39, 0.29) is 11.4 Å². The molecule has 0 spiro atoms. The Hall–Kier alpha value is -3.11. The number of rotatable bonds is 8. The average molecular weight is 371 g/mol. The molecule has 0 bridgehead atoms. The van der Waals surface area contributed by atoms with Crippen LogP contribution in [0, 0.1) is 0 Å². The minimum Gasteiger partial charge on any atom is -0.367 e. The molecule has 0 saturated carbocycles. The fraction of sp³-hybridized carbons (Fsp3) is 0.125. The molecule has 0 saturated heterocycles. The van der Waals surface area contributed by atoms with Gasteiger partial charge >= 0.3 is 0 Å². The van der Waals surface area contributed by atoms with Crippen molar-refractivity contribution in [2.45, 2.75) is 4.90 Å². The number of hydrogen-bond donors (Lipinski definition) is 3. The maximum Gasteiger partial charge on any atom is 0.242 e. The zero-order valence-corrected chi connectivity index (χ0v) is 14.5. The van der Waals surface area contributed by atoms with Crippen LogP contribution in [-0.2, 0) is 10.0 Å². The van der Waals surface area contributed by atoms with Crippen LogP contribution in [0.1, 0.15) is 0 Å². The molecule has 0 amide bonds. The SMILES string of the molecule is O=S(=O)(NCCNc1ccc(Nc2ccncc2)nn1)c1cccnc1. The van der Waals surface area contributed by atoms with Crippen molar-refractivity contribution in [2.24, 2.45) is 0 Å². The summed E-state index contributed by atoms with van der Waals surface area (Å²) in [4.78, 5) is 7.87. The molecule has 9 nitrogen and oxygen atoms in total. The van der Waals surface area contributed by atoms with Crippen molar-refractivity contribution in [3.05, 3.63) is 61.2 Å². The van der Waals surface area contributed by atoms with Gasteiger partial charge in [-0.3, -0.25) is 9.97 Å². The van der Waals surface area contributed by atoms with Gasteiger partial charge in [-0.1, -0.05) is 0 Å². The lowest BCUT2D eigenvalue weighted by Gasteiger charge is -2.08. The summed E-state index contributed by atoms with van der Waals surface area (Å²) in [6, 6.07) is 10.2. The molecule has 3 aromatic heterocycles. The Bertz CT molecular complexity index is 920. The van der Waals surface area contributed by atoms with E-state index in [9.17, 15) is 8.42 Å². The normalized spacial score (nSPS) is 11.1. The van der Waals surface area contributed by atoms with Crippen LogP contribution in [0.15, 0.2) is 66.1 Å². The molecule has 0 atom stereocenters. The van der Waals surface area contributed by atoms with E-state index in [0.29, 0.717) is 18.2 Å². The molecule has 0 aliphatic heterocycles. The van der Waals surface area contributed by atoms with Gasteiger partial charge in [0.2, 0.25) is 10.0 Å². The van der Waals surface area contributed by atoms with Gasteiger partial charge in [-0.05, 0) is 36.4 Å². The van der Waals surface area contributed by atoms with Crippen molar-refractivity contribution in [1.29, 1.82) is 0 Å². The van der Waals surface area contributed by atoms with Gasteiger partial charge in [0.25, 0.3) is 0 Å². The van der Waals surface area contributed by atoms with Crippen molar-refractivity contribution in [3.8, 4) is 0 Å². The van der Waals surface area contributed by atoms with Crippen LogP contribution in [0.3, 0.4) is 0 Å². The quantitative estimate of drug-likeness (QED) is 0.508. The number of hydrogen-bond acceptors (Lipinski definition) is 8. The second-order valence-corrected chi connectivity index (χ2v) is 6.94. The van der Waals surface area contributed by atoms with Crippen LogP contribution in [0.5, 0.6) is 0 Å². The van der Waals surface area contributed by atoms with Gasteiger partial charge in [-0.25, -0.2) is 13.1 Å². The van der Waals surface area contributed by atoms with Crippen LogP contribution in [0.2, 0.25) is 0 Å². The Morgan fingerprint density at radius 2 is 1.62 bits per heavy atom. The molecule has 3 N–H and O–H groups in total. The monoisotopic (exact) mass is 371 g/mol. The lowest BCUT2D eigenvalue weighted by atomic mass is 10.4. The summed E-state index contributed by atoms with van der Waals surface area (Å²) < 4.78 is 26.6. The molecule has 0 aliphatic carbocycles. The standard InChI is InChI=1S/C16H17N7O2S/c24-26(25,14-2-1-7-18-12-14)20-11-10-19-15-3-4-16(23-22-15)21-13-5-8-17-9-6-13/h1-9,12,20H,10-11H2,(H,19,22)(H,17,21,23). The predicted molar refractivity (Wildman–Crippen MR) is 97.5 cm³/mol. The highest BCUT2D eigenvalue weighted by atomic mass is 32.2. The molecule has 3 rings (SSSR count). The molecule has 0 unspecified atom stereocenters. The number of anilines is 3. The highest BCUT2D eigenvalue weighted by molar-refractivity contribution is 7.89. The number of pyridine rings is 2. The van der Waals surface area contributed by atoms with E-state index in [4.69, 9.17) is 0 Å². The minimum absolute atomic E-state index is 0.131. The third kappa shape index (κ3) is 4.94. The molecule has 3 aromatic rings. The van der Waals surface area contributed by atoms with Crippen molar-refractivity contribution in [1.82, 2.24) is 24.9 Å². The van der Waals surface area contributed by atoms with Gasteiger partial charge in [0.1, 0.15) is 10.7 Å². The minimum atomic E-state index is -3.56. The summed E-state index contributed by atoms with van der Waals surface area (Å²) in [6.45, 7) is 0.571. The first-order valence-electron chi connectivity index (χ1n) is 7.78. The van der Waals surface area contributed by atoms with Gasteiger partial charge in [0.15, 0.2) is 5.82 Å². The van der Waals surface area contributed by atoms with Gasteiger partial charge in [-0.2, -0.15) is 0 Å². The van der Waals surface area contributed by atoms with Gasteiger partial charge in [-0.15, -0.1) is 10.2 Å². The molecular formula is C16H17N7O2S. The van der Waals surface area contributed by atoms with E-state index >= 15 is 0 Å². The number of sulfonamides is 1. The fourth-order valence-corrected chi connectivity index (χ4v) is 3.04. The molecule has 26 heavy (non-hydrogen) atoms. The zero-order chi connectivity index (χ0) is 18.2. The third-order valence-corrected chi connectivity index (χ3v) is 4.73. The van der Waals surface area contributed by atoms with Crippen molar-refractivity contribution in [2.75, 3.05) is 23.7 Å². The molecule has 10 heteroatoms. The second-order valence-electron chi connectivity index (χ2n) is 5.18. The third-order valence-electron chi connectivity index (χ3n) is 3.29. The van der Waals surface area contributed by atoms with Crippen LogP contribution < -0.4 is 15.4 Å². The first-order chi connectivity index (χ1) is 12.6. The maximum absolute atomic E-state index is 12.0. The lowest BCUT2D eigenvalue weighted by Crippen LogP contribution is -2.29. The zero-order valence-electron chi connectivity index (χ0n) is 13.7. The summed E-state index contributed by atoms with van der Waals surface area (Å²) in [5, 5.41) is 14.2. The lowest BCUT2D eigenvalue weighted by molar-refractivity contribution is 0.582. The average Bonchev–Trinajstić information content (AvgIpc) is 2.68. The summed E-state index contributed by atoms with van der Waals surface area (Å²) in [5.74, 6) is 1.14. The fourth-order valence-electron chi connectivity index (χ4n) is 2.04. The highest BCUT2D eigenvalue weighted by Crippen LogP contribution is 2.13.